The molecule has 0 fully saturated rings. The predicted molar refractivity (Wildman–Crippen MR) is 59.8 cm³/mol. The topological polar surface area (TPSA) is 69.1 Å². The fourth-order valence-corrected chi connectivity index (χ4v) is 2.43. The summed E-state index contributed by atoms with van der Waals surface area (Å²) in [7, 11) is 0. The van der Waals surface area contributed by atoms with E-state index in [4.69, 9.17) is 11.5 Å². The van der Waals surface area contributed by atoms with Crippen LogP contribution in [0.3, 0.4) is 0 Å². The zero-order valence-corrected chi connectivity index (χ0v) is 9.15. The molecule has 0 unspecified atom stereocenters. The number of hydrogen-bond donors (Lipinski definition) is 2. The van der Waals surface area contributed by atoms with Crippen molar-refractivity contribution in [2.24, 2.45) is 5.73 Å². The Morgan fingerprint density at radius 2 is 1.94 bits per heavy atom. The molecule has 0 aliphatic carbocycles. The number of carbonyl (C=O) groups is 1. The Kier molecular flexibility index (Phi) is 2.50. The van der Waals surface area contributed by atoms with E-state index in [1.807, 2.05) is 0 Å². The summed E-state index contributed by atoms with van der Waals surface area (Å²) >= 11 is 0.984. The lowest BCUT2D eigenvalue weighted by molar-refractivity contribution is -0.137. The van der Waals surface area contributed by atoms with Gasteiger partial charge in [0.15, 0.2) is 0 Å². The second-order valence-corrected chi connectivity index (χ2v) is 4.47. The Morgan fingerprint density at radius 1 is 1.29 bits per heavy atom. The van der Waals surface area contributed by atoms with Crippen LogP contribution in [0.5, 0.6) is 0 Å². The largest absolute Gasteiger partial charge is 0.416 e. The lowest BCUT2D eigenvalue weighted by Crippen LogP contribution is -2.10. The molecule has 2 rings (SSSR count). The van der Waals surface area contributed by atoms with Gasteiger partial charge in [0.05, 0.1) is 11.3 Å². The number of rotatable bonds is 1. The van der Waals surface area contributed by atoms with E-state index in [1.165, 1.54) is 6.07 Å². The number of anilines is 1. The Hall–Kier alpha value is -1.76. The smallest absolute Gasteiger partial charge is 0.397 e. The fraction of sp³-hybridized carbons (Fsp3) is 0.100. The third-order valence-electron chi connectivity index (χ3n) is 2.28. The van der Waals surface area contributed by atoms with Gasteiger partial charge in [0.2, 0.25) is 0 Å². The van der Waals surface area contributed by atoms with Gasteiger partial charge < -0.3 is 11.5 Å². The molecule has 0 atom stereocenters. The summed E-state index contributed by atoms with van der Waals surface area (Å²) in [5.74, 6) is -0.739. The molecule has 1 amide bonds. The van der Waals surface area contributed by atoms with Crippen LogP contribution in [0.2, 0.25) is 0 Å². The molecule has 4 N–H and O–H groups in total. The number of fused-ring (bicyclic) bond motifs is 1. The van der Waals surface area contributed by atoms with Crippen LogP contribution in [0.4, 0.5) is 18.9 Å². The average molecular weight is 260 g/mol. The van der Waals surface area contributed by atoms with Gasteiger partial charge in [0, 0.05) is 10.1 Å². The van der Waals surface area contributed by atoms with Crippen molar-refractivity contribution in [1.82, 2.24) is 0 Å². The van der Waals surface area contributed by atoms with Crippen molar-refractivity contribution in [3.05, 3.63) is 28.6 Å². The monoisotopic (exact) mass is 260 g/mol. The standard InChI is InChI=1S/C10H7F3N2OS/c11-10(12,13)4-1-2-6-5(3-4)7(14)8(17-6)9(15)16/h1-3H,14H2,(H2,15,16). The third kappa shape index (κ3) is 1.93. The van der Waals surface area contributed by atoms with Crippen LogP contribution in [-0.2, 0) is 6.18 Å². The van der Waals surface area contributed by atoms with Crippen molar-refractivity contribution in [3.8, 4) is 0 Å². The highest BCUT2D eigenvalue weighted by Crippen LogP contribution is 2.37. The van der Waals surface area contributed by atoms with Crippen molar-refractivity contribution < 1.29 is 18.0 Å². The van der Waals surface area contributed by atoms with Gasteiger partial charge in [-0.15, -0.1) is 11.3 Å². The number of hydrogen-bond acceptors (Lipinski definition) is 3. The fourth-order valence-electron chi connectivity index (χ4n) is 1.48. The Morgan fingerprint density at radius 3 is 2.47 bits per heavy atom. The number of amides is 1. The van der Waals surface area contributed by atoms with Crippen LogP contribution in [0.15, 0.2) is 18.2 Å². The van der Waals surface area contributed by atoms with E-state index in [1.54, 1.807) is 0 Å². The molecule has 1 heterocycles. The van der Waals surface area contributed by atoms with Crippen LogP contribution in [-0.4, -0.2) is 5.91 Å². The summed E-state index contributed by atoms with van der Waals surface area (Å²) in [5.41, 5.74) is 9.87. The second-order valence-electron chi connectivity index (χ2n) is 3.42. The summed E-state index contributed by atoms with van der Waals surface area (Å²) in [6.45, 7) is 0. The number of nitrogens with two attached hydrogens (primary N) is 2. The van der Waals surface area contributed by atoms with E-state index in [0.29, 0.717) is 4.70 Å². The second kappa shape index (κ2) is 3.63. The number of thiophene rings is 1. The van der Waals surface area contributed by atoms with Crippen LogP contribution < -0.4 is 11.5 Å². The number of alkyl halides is 3. The minimum Gasteiger partial charge on any atom is -0.397 e. The molecule has 0 bridgehead atoms. The molecule has 0 spiro atoms. The van der Waals surface area contributed by atoms with Crippen molar-refractivity contribution in [1.29, 1.82) is 0 Å². The normalized spacial score (nSPS) is 11.9. The molecule has 0 aliphatic rings. The van der Waals surface area contributed by atoms with Gasteiger partial charge in [-0.1, -0.05) is 0 Å². The molecular formula is C10H7F3N2OS. The van der Waals surface area contributed by atoms with Crippen molar-refractivity contribution in [2.75, 3.05) is 5.73 Å². The molecule has 0 aliphatic heterocycles. The number of halogens is 3. The summed E-state index contributed by atoms with van der Waals surface area (Å²) in [6, 6.07) is 3.16. The zero-order valence-electron chi connectivity index (χ0n) is 8.34. The minimum absolute atomic E-state index is 0.00333. The van der Waals surface area contributed by atoms with Gasteiger partial charge in [0.25, 0.3) is 5.91 Å². The van der Waals surface area contributed by atoms with Crippen LogP contribution in [0.25, 0.3) is 10.1 Å². The van der Waals surface area contributed by atoms with E-state index in [2.05, 4.69) is 0 Å². The Balaban J connectivity index is 2.70. The first kappa shape index (κ1) is 11.7. The van der Waals surface area contributed by atoms with Crippen LogP contribution in [0.1, 0.15) is 15.2 Å². The summed E-state index contributed by atoms with van der Waals surface area (Å²) in [5, 5.41) is 0.207. The van der Waals surface area contributed by atoms with E-state index >= 15 is 0 Å². The zero-order chi connectivity index (χ0) is 12.8. The molecule has 1 aromatic carbocycles. The lowest BCUT2D eigenvalue weighted by Gasteiger charge is -2.06. The predicted octanol–water partition coefficient (Wildman–Crippen LogP) is 2.60. The SMILES string of the molecule is NC(=O)c1sc2ccc(C(F)(F)F)cc2c1N. The van der Waals surface area contributed by atoms with Gasteiger partial charge in [-0.2, -0.15) is 13.2 Å². The highest BCUT2D eigenvalue weighted by Gasteiger charge is 2.31. The van der Waals surface area contributed by atoms with Crippen molar-refractivity contribution in [2.45, 2.75) is 6.18 Å². The van der Waals surface area contributed by atoms with Gasteiger partial charge in [0.1, 0.15) is 4.88 Å². The number of primary amides is 1. The third-order valence-corrected chi connectivity index (χ3v) is 3.48. The highest BCUT2D eigenvalue weighted by molar-refractivity contribution is 7.21. The van der Waals surface area contributed by atoms with E-state index in [-0.39, 0.29) is 16.0 Å². The lowest BCUT2D eigenvalue weighted by atomic mass is 10.1. The average Bonchev–Trinajstić information content (AvgIpc) is 2.54. The van der Waals surface area contributed by atoms with E-state index < -0.39 is 17.6 Å². The molecule has 0 radical (unpaired) electrons. The van der Waals surface area contributed by atoms with Crippen LogP contribution in [0, 0.1) is 0 Å². The maximum absolute atomic E-state index is 12.5. The summed E-state index contributed by atoms with van der Waals surface area (Å²) in [4.78, 5) is 11.1. The first-order valence-electron chi connectivity index (χ1n) is 4.49. The molecule has 2 aromatic rings. The molecule has 1 aromatic heterocycles. The Bertz CT molecular complexity index is 603. The van der Waals surface area contributed by atoms with Gasteiger partial charge in [-0.05, 0) is 18.2 Å². The number of nitrogen functional groups attached to an aromatic ring is 1. The van der Waals surface area contributed by atoms with Gasteiger partial charge >= 0.3 is 6.18 Å². The molecule has 3 nitrogen and oxygen atoms in total. The maximum atomic E-state index is 12.5. The minimum atomic E-state index is -4.44. The summed E-state index contributed by atoms with van der Waals surface area (Å²) < 4.78 is 38.0. The molecule has 0 saturated carbocycles. The summed E-state index contributed by atoms with van der Waals surface area (Å²) in [6.07, 6.45) is -4.44. The van der Waals surface area contributed by atoms with Crippen molar-refractivity contribution >= 4 is 33.0 Å². The molecule has 17 heavy (non-hydrogen) atoms. The molecule has 7 heteroatoms. The quantitative estimate of drug-likeness (QED) is 0.827. The Labute approximate surface area is 97.8 Å². The number of benzene rings is 1. The van der Waals surface area contributed by atoms with E-state index in [9.17, 15) is 18.0 Å². The molecule has 0 saturated heterocycles. The highest BCUT2D eigenvalue weighted by atomic mass is 32.1. The first-order chi connectivity index (χ1) is 7.80. The van der Waals surface area contributed by atoms with Gasteiger partial charge in [-0.25, -0.2) is 0 Å². The van der Waals surface area contributed by atoms with Gasteiger partial charge in [-0.3, -0.25) is 4.79 Å². The van der Waals surface area contributed by atoms with E-state index in [0.717, 1.165) is 23.5 Å². The van der Waals surface area contributed by atoms with Crippen LogP contribution >= 0.6 is 11.3 Å². The van der Waals surface area contributed by atoms with Crippen molar-refractivity contribution in [3.63, 3.8) is 0 Å². The number of carbonyl (C=O) groups excluding carboxylic acids is 1. The molecule has 90 valence electrons. The first-order valence-corrected chi connectivity index (χ1v) is 5.31. The maximum Gasteiger partial charge on any atom is 0.416 e. The molecular weight excluding hydrogens is 253 g/mol.